The van der Waals surface area contributed by atoms with Gasteiger partial charge in [0.05, 0.1) is 0 Å². The summed E-state index contributed by atoms with van der Waals surface area (Å²) >= 11 is 3.31. The second kappa shape index (κ2) is 5.35. The normalized spacial score (nSPS) is 12.5. The van der Waals surface area contributed by atoms with Crippen molar-refractivity contribution >= 4 is 15.9 Å². The van der Waals surface area contributed by atoms with Crippen molar-refractivity contribution in [2.75, 3.05) is 0 Å². The fourth-order valence-electron chi connectivity index (χ4n) is 1.77. The first kappa shape index (κ1) is 14.1. The fraction of sp³-hybridized carbons (Fsp3) is 0.143. The van der Waals surface area contributed by atoms with E-state index >= 15 is 0 Å². The Bertz CT molecular complexity index is 628. The quantitative estimate of drug-likeness (QED) is 0.816. The summed E-state index contributed by atoms with van der Waals surface area (Å²) in [6.45, 7) is 1.81. The van der Waals surface area contributed by atoms with E-state index in [1.165, 1.54) is 0 Å². The molecule has 0 amide bonds. The Hall–Kier alpha value is -1.33. The zero-order valence-electron chi connectivity index (χ0n) is 9.92. The largest absolute Gasteiger partial charge is 0.384 e. The van der Waals surface area contributed by atoms with Gasteiger partial charge in [-0.15, -0.1) is 0 Å². The number of hydrogen-bond donors (Lipinski definition) is 1. The second-order valence-corrected chi connectivity index (χ2v) is 5.05. The van der Waals surface area contributed by atoms with Gasteiger partial charge in [-0.3, -0.25) is 0 Å². The van der Waals surface area contributed by atoms with Crippen LogP contribution in [0.25, 0.3) is 0 Å². The molecule has 1 atom stereocenters. The number of rotatable bonds is 2. The Balaban J connectivity index is 2.46. The highest BCUT2D eigenvalue weighted by Gasteiger charge is 2.18. The molecular weight excluding hydrogens is 321 g/mol. The van der Waals surface area contributed by atoms with Crippen LogP contribution in [0.1, 0.15) is 22.8 Å². The van der Waals surface area contributed by atoms with E-state index in [0.717, 1.165) is 10.0 Å². The van der Waals surface area contributed by atoms with Crippen LogP contribution in [-0.2, 0) is 0 Å². The molecule has 2 rings (SSSR count). The van der Waals surface area contributed by atoms with Crippen LogP contribution in [0.5, 0.6) is 0 Å². The van der Waals surface area contributed by atoms with Gasteiger partial charge in [-0.1, -0.05) is 28.1 Å². The molecule has 0 radical (unpaired) electrons. The lowest BCUT2D eigenvalue weighted by Crippen LogP contribution is -2.05. The lowest BCUT2D eigenvalue weighted by atomic mass is 9.99. The van der Waals surface area contributed by atoms with Crippen LogP contribution in [0.15, 0.2) is 34.8 Å². The molecule has 0 saturated carbocycles. The van der Waals surface area contributed by atoms with Crippen LogP contribution in [0, 0.1) is 24.4 Å². The molecule has 1 unspecified atom stereocenters. The maximum Gasteiger partial charge on any atom is 0.161 e. The van der Waals surface area contributed by atoms with E-state index in [1.54, 1.807) is 18.2 Å². The molecule has 2 aromatic carbocycles. The Labute approximate surface area is 116 Å². The van der Waals surface area contributed by atoms with Gasteiger partial charge in [0, 0.05) is 16.1 Å². The molecule has 0 spiro atoms. The highest BCUT2D eigenvalue weighted by Crippen LogP contribution is 2.28. The molecule has 0 aliphatic rings. The third kappa shape index (κ3) is 2.82. The van der Waals surface area contributed by atoms with Gasteiger partial charge in [-0.05, 0) is 30.2 Å². The zero-order chi connectivity index (χ0) is 14.2. The van der Waals surface area contributed by atoms with Gasteiger partial charge in [0.2, 0.25) is 0 Å². The number of aryl methyl sites for hydroxylation is 1. The topological polar surface area (TPSA) is 20.2 Å². The Kier molecular flexibility index (Phi) is 3.96. The number of aliphatic hydroxyl groups is 1. The summed E-state index contributed by atoms with van der Waals surface area (Å²) in [6, 6.07) is 6.04. The summed E-state index contributed by atoms with van der Waals surface area (Å²) in [6.07, 6.45) is -1.35. The van der Waals surface area contributed by atoms with E-state index in [2.05, 4.69) is 15.9 Å². The maximum atomic E-state index is 13.6. The highest BCUT2D eigenvalue weighted by atomic mass is 79.9. The summed E-state index contributed by atoms with van der Waals surface area (Å²) in [5, 5.41) is 10.1. The third-order valence-electron chi connectivity index (χ3n) is 2.83. The third-order valence-corrected chi connectivity index (χ3v) is 3.72. The SMILES string of the molecule is Cc1cc(C(O)c2cc(F)c(F)cc2F)ccc1Br. The molecule has 0 aliphatic heterocycles. The lowest BCUT2D eigenvalue weighted by molar-refractivity contribution is 0.213. The zero-order valence-corrected chi connectivity index (χ0v) is 11.5. The predicted molar refractivity (Wildman–Crippen MR) is 69.3 cm³/mol. The van der Waals surface area contributed by atoms with E-state index in [-0.39, 0.29) is 5.56 Å². The van der Waals surface area contributed by atoms with Crippen LogP contribution in [-0.4, -0.2) is 5.11 Å². The molecule has 0 bridgehead atoms. The minimum Gasteiger partial charge on any atom is -0.384 e. The average Bonchev–Trinajstić information content (AvgIpc) is 2.36. The molecule has 5 heteroatoms. The predicted octanol–water partition coefficient (Wildman–Crippen LogP) is 4.26. The monoisotopic (exact) mass is 330 g/mol. The van der Waals surface area contributed by atoms with Crippen molar-refractivity contribution in [2.45, 2.75) is 13.0 Å². The van der Waals surface area contributed by atoms with Crippen LogP contribution < -0.4 is 0 Å². The molecule has 100 valence electrons. The van der Waals surface area contributed by atoms with Crippen LogP contribution in [0.3, 0.4) is 0 Å². The maximum absolute atomic E-state index is 13.6. The van der Waals surface area contributed by atoms with Crippen LogP contribution >= 0.6 is 15.9 Å². The van der Waals surface area contributed by atoms with E-state index < -0.39 is 23.6 Å². The smallest absolute Gasteiger partial charge is 0.161 e. The van der Waals surface area contributed by atoms with E-state index in [9.17, 15) is 18.3 Å². The fourth-order valence-corrected chi connectivity index (χ4v) is 2.01. The first-order valence-electron chi connectivity index (χ1n) is 5.48. The number of benzene rings is 2. The second-order valence-electron chi connectivity index (χ2n) is 4.20. The average molecular weight is 331 g/mol. The van der Waals surface area contributed by atoms with E-state index in [0.29, 0.717) is 17.7 Å². The molecule has 0 aromatic heterocycles. The van der Waals surface area contributed by atoms with Gasteiger partial charge in [0.25, 0.3) is 0 Å². The molecular formula is C14H10BrF3O. The Morgan fingerprint density at radius 3 is 2.26 bits per heavy atom. The standard InChI is InChI=1S/C14H10BrF3O/c1-7-4-8(2-3-10(7)15)14(19)9-5-12(17)13(18)6-11(9)16/h2-6,14,19H,1H3. The summed E-state index contributed by atoms with van der Waals surface area (Å²) in [4.78, 5) is 0. The van der Waals surface area contributed by atoms with E-state index in [4.69, 9.17) is 0 Å². The Morgan fingerprint density at radius 2 is 1.63 bits per heavy atom. The van der Waals surface area contributed by atoms with Crippen LogP contribution in [0.2, 0.25) is 0 Å². The molecule has 1 N–H and O–H groups in total. The van der Waals surface area contributed by atoms with Crippen molar-refractivity contribution in [3.8, 4) is 0 Å². The molecule has 0 aliphatic carbocycles. The minimum atomic E-state index is -1.35. The van der Waals surface area contributed by atoms with Gasteiger partial charge in [-0.25, -0.2) is 13.2 Å². The van der Waals surface area contributed by atoms with Crippen molar-refractivity contribution < 1.29 is 18.3 Å². The number of hydrogen-bond acceptors (Lipinski definition) is 1. The van der Waals surface area contributed by atoms with Crippen molar-refractivity contribution in [3.05, 3.63) is 68.9 Å². The molecule has 1 nitrogen and oxygen atoms in total. The molecule has 19 heavy (non-hydrogen) atoms. The van der Waals surface area contributed by atoms with Crippen molar-refractivity contribution in [3.63, 3.8) is 0 Å². The van der Waals surface area contributed by atoms with Gasteiger partial charge in [0.1, 0.15) is 11.9 Å². The molecule has 0 saturated heterocycles. The minimum absolute atomic E-state index is 0.291. The first-order valence-corrected chi connectivity index (χ1v) is 6.28. The summed E-state index contributed by atoms with van der Waals surface area (Å²) in [5.41, 5.74) is 0.964. The van der Waals surface area contributed by atoms with Crippen molar-refractivity contribution in [1.82, 2.24) is 0 Å². The molecule has 2 aromatic rings. The number of halogens is 4. The highest BCUT2D eigenvalue weighted by molar-refractivity contribution is 9.10. The van der Waals surface area contributed by atoms with Crippen molar-refractivity contribution in [1.29, 1.82) is 0 Å². The van der Waals surface area contributed by atoms with Gasteiger partial charge in [-0.2, -0.15) is 0 Å². The Morgan fingerprint density at radius 1 is 1.00 bits per heavy atom. The molecule has 0 fully saturated rings. The first-order chi connectivity index (χ1) is 8.90. The van der Waals surface area contributed by atoms with Gasteiger partial charge >= 0.3 is 0 Å². The summed E-state index contributed by atoms with van der Waals surface area (Å²) in [5.74, 6) is -3.45. The lowest BCUT2D eigenvalue weighted by Gasteiger charge is -2.14. The van der Waals surface area contributed by atoms with Crippen molar-refractivity contribution in [2.24, 2.45) is 0 Å². The van der Waals surface area contributed by atoms with Gasteiger partial charge in [0.15, 0.2) is 11.6 Å². The summed E-state index contributed by atoms with van der Waals surface area (Å²) < 4.78 is 40.4. The van der Waals surface area contributed by atoms with Crippen LogP contribution in [0.4, 0.5) is 13.2 Å². The van der Waals surface area contributed by atoms with E-state index in [1.807, 2.05) is 6.92 Å². The van der Waals surface area contributed by atoms with Gasteiger partial charge < -0.3 is 5.11 Å². The summed E-state index contributed by atoms with van der Waals surface area (Å²) in [7, 11) is 0. The number of aliphatic hydroxyl groups excluding tert-OH is 1. The molecule has 0 heterocycles.